The van der Waals surface area contributed by atoms with Crippen molar-refractivity contribution in [3.05, 3.63) is 91.0 Å². The zero-order valence-corrected chi connectivity index (χ0v) is 17.9. The van der Waals surface area contributed by atoms with Crippen LogP contribution < -0.4 is 19.3 Å². The molecule has 0 saturated heterocycles. The van der Waals surface area contributed by atoms with Gasteiger partial charge in [-0.3, -0.25) is 0 Å². The molecule has 4 aromatic carbocycles. The summed E-state index contributed by atoms with van der Waals surface area (Å²) in [6.07, 6.45) is 0. The van der Waals surface area contributed by atoms with Crippen LogP contribution in [0.25, 0.3) is 11.1 Å². The van der Waals surface area contributed by atoms with Gasteiger partial charge in [-0.25, -0.2) is 0 Å². The van der Waals surface area contributed by atoms with Crippen molar-refractivity contribution in [1.82, 2.24) is 0 Å². The summed E-state index contributed by atoms with van der Waals surface area (Å²) in [5, 5.41) is 0. The quantitative estimate of drug-likeness (QED) is 0.363. The van der Waals surface area contributed by atoms with Crippen molar-refractivity contribution < 1.29 is 9.47 Å². The van der Waals surface area contributed by atoms with Gasteiger partial charge in [0.25, 0.3) is 0 Å². The van der Waals surface area contributed by atoms with Crippen LogP contribution in [0.3, 0.4) is 0 Å². The second kappa shape index (κ2) is 7.73. The first kappa shape index (κ1) is 19.1. The first-order valence-electron chi connectivity index (χ1n) is 10.3. The van der Waals surface area contributed by atoms with Crippen LogP contribution in [0.1, 0.15) is 0 Å². The van der Waals surface area contributed by atoms with Gasteiger partial charge in [-0.2, -0.15) is 0 Å². The van der Waals surface area contributed by atoms with E-state index in [0.717, 1.165) is 51.1 Å². The second-order valence-corrected chi connectivity index (χ2v) is 7.56. The second-order valence-electron chi connectivity index (χ2n) is 7.56. The molecular weight excluding hydrogens is 384 g/mol. The highest BCUT2D eigenvalue weighted by Crippen LogP contribution is 2.51. The van der Waals surface area contributed by atoms with Crippen LogP contribution in [0.5, 0.6) is 17.2 Å². The van der Waals surface area contributed by atoms with Gasteiger partial charge >= 0.3 is 0 Å². The van der Waals surface area contributed by atoms with Gasteiger partial charge in [0.15, 0.2) is 0 Å². The van der Waals surface area contributed by atoms with E-state index in [0.29, 0.717) is 0 Å². The van der Waals surface area contributed by atoms with Crippen molar-refractivity contribution in [3.63, 3.8) is 0 Å². The number of methoxy groups -OCH3 is 1. The first-order chi connectivity index (χ1) is 15.2. The Morgan fingerprint density at radius 1 is 0.613 bits per heavy atom. The third-order valence-electron chi connectivity index (χ3n) is 5.76. The number of benzene rings is 4. The van der Waals surface area contributed by atoms with Crippen molar-refractivity contribution in [2.45, 2.75) is 0 Å². The molecule has 0 aliphatic carbocycles. The third-order valence-corrected chi connectivity index (χ3v) is 5.76. The molecular formula is C27H24N2O2. The Morgan fingerprint density at radius 3 is 2.16 bits per heavy atom. The number of nitrogens with zero attached hydrogens (tertiary/aromatic N) is 2. The van der Waals surface area contributed by atoms with Gasteiger partial charge in [-0.05, 0) is 48.0 Å². The summed E-state index contributed by atoms with van der Waals surface area (Å²) in [5.41, 5.74) is 6.60. The lowest BCUT2D eigenvalue weighted by Gasteiger charge is -2.37. The fraction of sp³-hybridized carbons (Fsp3) is 0.111. The normalized spacial score (nSPS) is 12.2. The fourth-order valence-corrected chi connectivity index (χ4v) is 4.19. The Kier molecular flexibility index (Phi) is 4.75. The molecule has 4 heteroatoms. The Labute approximate surface area is 182 Å². The molecule has 1 heterocycles. The summed E-state index contributed by atoms with van der Waals surface area (Å²) >= 11 is 0. The standard InChI is InChI=1S/C27H24N2O2/c1-28-22-17-16-19(18-24(22)29(2)27-23(28)13-9-15-26(27)30-3)21-12-7-8-14-25(21)31-20-10-5-4-6-11-20/h4-18H,1-3H3. The molecule has 0 amide bonds. The minimum atomic E-state index is 0.823. The van der Waals surface area contributed by atoms with E-state index < -0.39 is 0 Å². The predicted molar refractivity (Wildman–Crippen MR) is 128 cm³/mol. The maximum Gasteiger partial charge on any atom is 0.144 e. The van der Waals surface area contributed by atoms with Crippen molar-refractivity contribution in [2.75, 3.05) is 31.0 Å². The van der Waals surface area contributed by atoms with Gasteiger partial charge < -0.3 is 19.3 Å². The average Bonchev–Trinajstić information content (AvgIpc) is 2.82. The molecule has 0 saturated carbocycles. The Balaban J connectivity index is 1.59. The highest BCUT2D eigenvalue weighted by atomic mass is 16.5. The fourth-order valence-electron chi connectivity index (χ4n) is 4.19. The largest absolute Gasteiger partial charge is 0.494 e. The smallest absolute Gasteiger partial charge is 0.144 e. The van der Waals surface area contributed by atoms with E-state index in [9.17, 15) is 0 Å². The molecule has 4 nitrogen and oxygen atoms in total. The lowest BCUT2D eigenvalue weighted by atomic mass is 10.0. The highest BCUT2D eigenvalue weighted by molar-refractivity contribution is 5.97. The van der Waals surface area contributed by atoms with E-state index in [1.54, 1.807) is 7.11 Å². The molecule has 4 aromatic rings. The molecule has 31 heavy (non-hydrogen) atoms. The minimum Gasteiger partial charge on any atom is -0.494 e. The summed E-state index contributed by atoms with van der Waals surface area (Å²) in [4.78, 5) is 4.41. The van der Waals surface area contributed by atoms with E-state index in [2.05, 4.69) is 54.2 Å². The van der Waals surface area contributed by atoms with Gasteiger partial charge in [0.05, 0.1) is 24.2 Å². The lowest BCUT2D eigenvalue weighted by molar-refractivity contribution is 0.415. The molecule has 5 rings (SSSR count). The van der Waals surface area contributed by atoms with E-state index in [-0.39, 0.29) is 0 Å². The molecule has 1 aliphatic heterocycles. The van der Waals surface area contributed by atoms with Gasteiger partial charge in [-0.15, -0.1) is 0 Å². The Bertz CT molecular complexity index is 1240. The van der Waals surface area contributed by atoms with E-state index in [1.165, 1.54) is 0 Å². The third kappa shape index (κ3) is 3.26. The first-order valence-corrected chi connectivity index (χ1v) is 10.3. The SMILES string of the molecule is COc1cccc2c1N(C)c1cc(-c3ccccc3Oc3ccccc3)ccc1N2C. The molecule has 0 atom stereocenters. The summed E-state index contributed by atoms with van der Waals surface area (Å²) in [5.74, 6) is 2.51. The molecule has 154 valence electrons. The van der Waals surface area contributed by atoms with Gasteiger partial charge in [0.2, 0.25) is 0 Å². The number of fused-ring (bicyclic) bond motifs is 2. The van der Waals surface area contributed by atoms with Crippen molar-refractivity contribution in [3.8, 4) is 28.4 Å². The van der Waals surface area contributed by atoms with E-state index in [1.807, 2.05) is 60.7 Å². The van der Waals surface area contributed by atoms with E-state index in [4.69, 9.17) is 9.47 Å². The molecule has 1 aliphatic rings. The van der Waals surface area contributed by atoms with Crippen LogP contribution in [0.15, 0.2) is 91.0 Å². The topological polar surface area (TPSA) is 24.9 Å². The summed E-state index contributed by atoms with van der Waals surface area (Å²) in [6, 6.07) is 30.7. The highest BCUT2D eigenvalue weighted by Gasteiger charge is 2.27. The minimum absolute atomic E-state index is 0.823. The number of ether oxygens (including phenoxy) is 2. The monoisotopic (exact) mass is 408 g/mol. The zero-order valence-electron chi connectivity index (χ0n) is 17.9. The average molecular weight is 409 g/mol. The molecule has 0 fully saturated rings. The number of rotatable bonds is 4. The van der Waals surface area contributed by atoms with Crippen molar-refractivity contribution in [1.29, 1.82) is 0 Å². The van der Waals surface area contributed by atoms with Gasteiger partial charge in [0.1, 0.15) is 22.9 Å². The Hall–Kier alpha value is -3.92. The zero-order chi connectivity index (χ0) is 21.4. The number of hydrogen-bond acceptors (Lipinski definition) is 4. The van der Waals surface area contributed by atoms with Gasteiger partial charge in [-0.1, -0.05) is 48.5 Å². The van der Waals surface area contributed by atoms with Crippen LogP contribution in [0, 0.1) is 0 Å². The number of para-hydroxylation sites is 3. The summed E-state index contributed by atoms with van der Waals surface area (Å²) < 4.78 is 11.9. The molecule has 0 spiro atoms. The van der Waals surface area contributed by atoms with Crippen LogP contribution in [0.4, 0.5) is 22.7 Å². The van der Waals surface area contributed by atoms with Crippen molar-refractivity contribution >= 4 is 22.7 Å². The molecule has 0 aromatic heterocycles. The Morgan fingerprint density at radius 2 is 1.35 bits per heavy atom. The predicted octanol–water partition coefficient (Wildman–Crippen LogP) is 7.00. The number of anilines is 4. The molecule has 0 N–H and O–H groups in total. The summed E-state index contributed by atoms with van der Waals surface area (Å²) in [6.45, 7) is 0. The number of hydrogen-bond donors (Lipinski definition) is 0. The van der Waals surface area contributed by atoms with Gasteiger partial charge in [0, 0.05) is 19.7 Å². The maximum atomic E-state index is 6.20. The van der Waals surface area contributed by atoms with E-state index >= 15 is 0 Å². The van der Waals surface area contributed by atoms with Crippen LogP contribution >= 0.6 is 0 Å². The van der Waals surface area contributed by atoms with Crippen molar-refractivity contribution in [2.24, 2.45) is 0 Å². The molecule has 0 radical (unpaired) electrons. The van der Waals surface area contributed by atoms with Crippen LogP contribution in [0.2, 0.25) is 0 Å². The van der Waals surface area contributed by atoms with Crippen LogP contribution in [-0.4, -0.2) is 21.2 Å². The molecule has 0 bridgehead atoms. The lowest BCUT2D eigenvalue weighted by Crippen LogP contribution is -2.24. The van der Waals surface area contributed by atoms with Crippen LogP contribution in [-0.2, 0) is 0 Å². The summed E-state index contributed by atoms with van der Waals surface area (Å²) in [7, 11) is 5.89. The molecule has 0 unspecified atom stereocenters. The maximum absolute atomic E-state index is 6.20.